The molecular weight excluding hydrogens is 326 g/mol. The summed E-state index contributed by atoms with van der Waals surface area (Å²) in [6.45, 7) is 1.10. The van der Waals surface area contributed by atoms with Crippen LogP contribution in [0.15, 0.2) is 12.1 Å². The number of Topliss-reactive ketones (excluding diaryl/α,β-unsaturated/α-hetero) is 1. The number of hydrogen-bond acceptors (Lipinski definition) is 6. The Morgan fingerprint density at radius 2 is 1.80 bits per heavy atom. The Balaban J connectivity index is 1.61. The van der Waals surface area contributed by atoms with Crippen LogP contribution in [0.3, 0.4) is 0 Å². The molecule has 2 aliphatic rings. The molecule has 3 rings (SSSR count). The van der Waals surface area contributed by atoms with E-state index in [4.69, 9.17) is 14.2 Å². The number of fused-ring (bicyclic) bond motifs is 1. The highest BCUT2D eigenvalue weighted by Gasteiger charge is 2.24. The van der Waals surface area contributed by atoms with Crippen LogP contribution in [0.2, 0.25) is 0 Å². The molecule has 0 radical (unpaired) electrons. The van der Waals surface area contributed by atoms with E-state index >= 15 is 0 Å². The lowest BCUT2D eigenvalue weighted by molar-refractivity contribution is -0.152. The van der Waals surface area contributed by atoms with Gasteiger partial charge in [-0.2, -0.15) is 0 Å². The fourth-order valence-corrected chi connectivity index (χ4v) is 3.12. The lowest BCUT2D eigenvalue weighted by Gasteiger charge is -2.19. The van der Waals surface area contributed by atoms with Gasteiger partial charge in [-0.15, -0.1) is 0 Å². The van der Waals surface area contributed by atoms with Crippen molar-refractivity contribution in [2.45, 2.75) is 39.0 Å². The molecule has 1 fully saturated rings. The van der Waals surface area contributed by atoms with Crippen LogP contribution in [0.25, 0.3) is 0 Å². The second-order valence-electron chi connectivity index (χ2n) is 6.30. The molecule has 7 heteroatoms. The predicted octanol–water partition coefficient (Wildman–Crippen LogP) is 2.68. The topological polar surface area (TPSA) is 90.9 Å². The molecule has 134 valence electrons. The van der Waals surface area contributed by atoms with Crippen molar-refractivity contribution in [3.63, 3.8) is 0 Å². The van der Waals surface area contributed by atoms with Gasteiger partial charge >= 0.3 is 5.97 Å². The van der Waals surface area contributed by atoms with Gasteiger partial charge in [-0.25, -0.2) is 0 Å². The van der Waals surface area contributed by atoms with Crippen LogP contribution in [0.5, 0.6) is 11.5 Å². The van der Waals surface area contributed by atoms with Crippen LogP contribution in [-0.2, 0) is 14.3 Å². The quantitative estimate of drug-likeness (QED) is 0.650. The summed E-state index contributed by atoms with van der Waals surface area (Å²) in [5.74, 6) is -0.225. The minimum atomic E-state index is -0.495. The zero-order valence-electron chi connectivity index (χ0n) is 14.1. The first kappa shape index (κ1) is 17.3. The highest BCUT2D eigenvalue weighted by Crippen LogP contribution is 2.37. The summed E-state index contributed by atoms with van der Waals surface area (Å²) in [6, 6.07) is 3.08. The first-order valence-electron chi connectivity index (χ1n) is 8.45. The number of esters is 1. The van der Waals surface area contributed by atoms with Gasteiger partial charge < -0.3 is 19.5 Å². The van der Waals surface area contributed by atoms with Gasteiger partial charge in [0, 0.05) is 11.6 Å². The second-order valence-corrected chi connectivity index (χ2v) is 6.30. The predicted molar refractivity (Wildman–Crippen MR) is 88.7 cm³/mol. The highest BCUT2D eigenvalue weighted by molar-refractivity contribution is 6.05. The third kappa shape index (κ3) is 4.10. The van der Waals surface area contributed by atoms with Crippen LogP contribution in [-0.4, -0.2) is 31.1 Å². The Labute approximate surface area is 145 Å². The number of carbonyl (C=O) groups is 3. The Kier molecular flexibility index (Phi) is 5.21. The van der Waals surface area contributed by atoms with E-state index in [0.717, 1.165) is 32.1 Å². The van der Waals surface area contributed by atoms with Crippen LogP contribution in [0.4, 0.5) is 5.69 Å². The van der Waals surface area contributed by atoms with E-state index in [0.29, 0.717) is 22.7 Å². The van der Waals surface area contributed by atoms with Gasteiger partial charge in [-0.05, 0) is 25.8 Å². The summed E-state index contributed by atoms with van der Waals surface area (Å²) >= 11 is 0. The molecular formula is C18H21NO6. The second kappa shape index (κ2) is 7.55. The first-order valence-corrected chi connectivity index (χ1v) is 8.45. The summed E-state index contributed by atoms with van der Waals surface area (Å²) in [7, 11) is 0. The van der Waals surface area contributed by atoms with Gasteiger partial charge in [0.05, 0.1) is 11.6 Å². The molecule has 0 unspecified atom stereocenters. The molecule has 1 N–H and O–H groups in total. The van der Waals surface area contributed by atoms with E-state index in [1.54, 1.807) is 6.07 Å². The van der Waals surface area contributed by atoms with Crippen molar-refractivity contribution in [3.05, 3.63) is 17.7 Å². The number of rotatable bonds is 5. The van der Waals surface area contributed by atoms with Gasteiger partial charge in [-0.3, -0.25) is 14.4 Å². The largest absolute Gasteiger partial charge is 0.455 e. The standard InChI is InChI=1S/C18H21NO6/c1-11(20)13-7-15-16(25-10-24-15)8-14(13)19-17(21)9-23-18(22)12-5-3-2-4-6-12/h7-8,12H,2-6,9-10H2,1H3,(H,19,21). The summed E-state index contributed by atoms with van der Waals surface area (Å²) in [5, 5.41) is 2.61. The van der Waals surface area contributed by atoms with Crippen molar-refractivity contribution >= 4 is 23.3 Å². The van der Waals surface area contributed by atoms with E-state index < -0.39 is 5.91 Å². The van der Waals surface area contributed by atoms with Crippen molar-refractivity contribution in [2.24, 2.45) is 5.92 Å². The number of ketones is 1. The SMILES string of the molecule is CC(=O)c1cc2c(cc1NC(=O)COC(=O)C1CCCCC1)OCO2. The monoisotopic (exact) mass is 347 g/mol. The molecule has 1 aromatic rings. The van der Waals surface area contributed by atoms with Crippen molar-refractivity contribution in [1.82, 2.24) is 0 Å². The summed E-state index contributed by atoms with van der Waals surface area (Å²) < 4.78 is 15.6. The molecule has 1 amide bonds. The first-order chi connectivity index (χ1) is 12.0. The number of amides is 1. The minimum absolute atomic E-state index is 0.0725. The van der Waals surface area contributed by atoms with Crippen molar-refractivity contribution in [2.75, 3.05) is 18.7 Å². The van der Waals surface area contributed by atoms with E-state index in [2.05, 4.69) is 5.32 Å². The van der Waals surface area contributed by atoms with Crippen LogP contribution in [0, 0.1) is 5.92 Å². The molecule has 0 saturated heterocycles. The number of nitrogens with one attached hydrogen (secondary N) is 1. The fourth-order valence-electron chi connectivity index (χ4n) is 3.12. The highest BCUT2D eigenvalue weighted by atomic mass is 16.7. The van der Waals surface area contributed by atoms with E-state index in [1.165, 1.54) is 13.0 Å². The summed E-state index contributed by atoms with van der Waals surface area (Å²) in [4.78, 5) is 35.9. The average molecular weight is 347 g/mol. The van der Waals surface area contributed by atoms with Crippen molar-refractivity contribution in [3.8, 4) is 11.5 Å². The Morgan fingerprint density at radius 1 is 1.12 bits per heavy atom. The van der Waals surface area contributed by atoms with E-state index in [-0.39, 0.29) is 31.1 Å². The van der Waals surface area contributed by atoms with Gasteiger partial charge in [-0.1, -0.05) is 19.3 Å². The maximum atomic E-state index is 12.1. The molecule has 1 aliphatic heterocycles. The molecule has 1 saturated carbocycles. The molecule has 1 heterocycles. The normalized spacial score (nSPS) is 16.4. The molecule has 7 nitrogen and oxygen atoms in total. The maximum Gasteiger partial charge on any atom is 0.309 e. The molecule has 0 bridgehead atoms. The number of anilines is 1. The molecule has 0 aromatic heterocycles. The molecule has 1 aromatic carbocycles. The maximum absolute atomic E-state index is 12.1. The third-order valence-corrected chi connectivity index (χ3v) is 4.45. The third-order valence-electron chi connectivity index (χ3n) is 4.45. The number of hydrogen-bond donors (Lipinski definition) is 1. The van der Waals surface area contributed by atoms with Crippen molar-refractivity contribution < 1.29 is 28.6 Å². The lowest BCUT2D eigenvalue weighted by Crippen LogP contribution is -2.26. The van der Waals surface area contributed by atoms with Gasteiger partial charge in [0.2, 0.25) is 6.79 Å². The zero-order valence-corrected chi connectivity index (χ0v) is 14.1. The van der Waals surface area contributed by atoms with E-state index in [1.807, 2.05) is 0 Å². The Bertz CT molecular complexity index is 693. The van der Waals surface area contributed by atoms with E-state index in [9.17, 15) is 14.4 Å². The smallest absolute Gasteiger partial charge is 0.309 e. The van der Waals surface area contributed by atoms with Crippen molar-refractivity contribution in [1.29, 1.82) is 0 Å². The van der Waals surface area contributed by atoms with Crippen LogP contribution < -0.4 is 14.8 Å². The van der Waals surface area contributed by atoms with Gasteiger partial charge in [0.25, 0.3) is 5.91 Å². The number of benzene rings is 1. The summed E-state index contributed by atoms with van der Waals surface area (Å²) in [5.41, 5.74) is 0.631. The molecule has 0 atom stereocenters. The Hall–Kier alpha value is -2.57. The number of ether oxygens (including phenoxy) is 3. The minimum Gasteiger partial charge on any atom is -0.455 e. The fraction of sp³-hybridized carbons (Fsp3) is 0.500. The molecule has 0 spiro atoms. The van der Waals surface area contributed by atoms with Gasteiger partial charge in [0.15, 0.2) is 23.9 Å². The Morgan fingerprint density at radius 3 is 2.48 bits per heavy atom. The van der Waals surface area contributed by atoms with Crippen LogP contribution >= 0.6 is 0 Å². The lowest BCUT2D eigenvalue weighted by atomic mass is 9.89. The number of carbonyl (C=O) groups excluding carboxylic acids is 3. The average Bonchev–Trinajstić information content (AvgIpc) is 3.07. The van der Waals surface area contributed by atoms with Crippen LogP contribution in [0.1, 0.15) is 49.4 Å². The molecule has 25 heavy (non-hydrogen) atoms. The van der Waals surface area contributed by atoms with Gasteiger partial charge in [0.1, 0.15) is 0 Å². The summed E-state index contributed by atoms with van der Waals surface area (Å²) in [6.07, 6.45) is 4.81. The zero-order chi connectivity index (χ0) is 17.8. The molecule has 1 aliphatic carbocycles.